The van der Waals surface area contributed by atoms with Crippen molar-refractivity contribution < 1.29 is 4.74 Å². The summed E-state index contributed by atoms with van der Waals surface area (Å²) in [5.41, 5.74) is 2.89. The molecule has 0 aliphatic carbocycles. The van der Waals surface area contributed by atoms with Crippen LogP contribution in [0.15, 0.2) is 24.0 Å². The number of nitrogens with zero attached hydrogens (tertiary/aromatic N) is 2. The highest BCUT2D eigenvalue weighted by molar-refractivity contribution is 5.21. The Balaban J connectivity index is 3.09. The Labute approximate surface area is 125 Å². The Hall–Kier alpha value is -0.800. The van der Waals surface area contributed by atoms with E-state index in [1.54, 1.807) is 0 Å². The van der Waals surface area contributed by atoms with E-state index in [1.807, 2.05) is 6.20 Å². The molecule has 0 saturated carbocycles. The van der Waals surface area contributed by atoms with Crippen LogP contribution in [0.2, 0.25) is 0 Å². The summed E-state index contributed by atoms with van der Waals surface area (Å²) in [7, 11) is 0. The molecule has 1 aliphatic rings. The Morgan fingerprint density at radius 3 is 2.30 bits per heavy atom. The molecule has 1 atom stereocenters. The largest absolute Gasteiger partial charge is 0.379 e. The van der Waals surface area contributed by atoms with Crippen molar-refractivity contribution in [3.8, 4) is 0 Å². The molecule has 0 N–H and O–H groups in total. The van der Waals surface area contributed by atoms with Crippen molar-refractivity contribution >= 4 is 0 Å². The van der Waals surface area contributed by atoms with E-state index in [1.165, 1.54) is 11.3 Å². The van der Waals surface area contributed by atoms with Crippen molar-refractivity contribution in [3.05, 3.63) is 24.0 Å². The predicted octanol–water partition coefficient (Wildman–Crippen LogP) is 3.64. The lowest BCUT2D eigenvalue weighted by Crippen LogP contribution is -2.49. The van der Waals surface area contributed by atoms with Crippen LogP contribution in [0.3, 0.4) is 0 Å². The minimum Gasteiger partial charge on any atom is -0.379 e. The van der Waals surface area contributed by atoms with E-state index in [4.69, 9.17) is 4.74 Å². The maximum absolute atomic E-state index is 5.48. The van der Waals surface area contributed by atoms with Crippen LogP contribution >= 0.6 is 0 Å². The lowest BCUT2D eigenvalue weighted by Gasteiger charge is -2.43. The molecule has 0 aromatic heterocycles. The van der Waals surface area contributed by atoms with E-state index in [0.717, 1.165) is 32.7 Å². The van der Waals surface area contributed by atoms with E-state index in [2.05, 4.69) is 57.9 Å². The van der Waals surface area contributed by atoms with Crippen molar-refractivity contribution in [2.24, 2.45) is 0 Å². The van der Waals surface area contributed by atoms with E-state index in [9.17, 15) is 0 Å². The summed E-state index contributed by atoms with van der Waals surface area (Å²) in [6.07, 6.45) is 3.05. The summed E-state index contributed by atoms with van der Waals surface area (Å²) in [5, 5.41) is 0. The van der Waals surface area contributed by atoms with Gasteiger partial charge in [0.2, 0.25) is 0 Å². The molecular formula is C17H32N2O. The van der Waals surface area contributed by atoms with Gasteiger partial charge in [0.25, 0.3) is 0 Å². The molecule has 0 aromatic rings. The van der Waals surface area contributed by atoms with Gasteiger partial charge in [-0.15, -0.1) is 0 Å². The van der Waals surface area contributed by atoms with Gasteiger partial charge in [-0.2, -0.15) is 0 Å². The van der Waals surface area contributed by atoms with Gasteiger partial charge in [-0.05, 0) is 47.2 Å². The summed E-state index contributed by atoms with van der Waals surface area (Å²) in [4.78, 5) is 4.85. The van der Waals surface area contributed by atoms with Crippen molar-refractivity contribution in [1.29, 1.82) is 0 Å². The van der Waals surface area contributed by atoms with Crippen LogP contribution in [0.4, 0.5) is 0 Å². The second-order valence-electron chi connectivity index (χ2n) is 6.57. The van der Waals surface area contributed by atoms with Crippen molar-refractivity contribution in [1.82, 2.24) is 9.80 Å². The van der Waals surface area contributed by atoms with Gasteiger partial charge in [0.05, 0.1) is 13.2 Å². The Morgan fingerprint density at radius 1 is 1.35 bits per heavy atom. The van der Waals surface area contributed by atoms with Gasteiger partial charge in [-0.1, -0.05) is 19.1 Å². The maximum Gasteiger partial charge on any atom is 0.0594 e. The highest BCUT2D eigenvalue weighted by atomic mass is 16.5. The third-order valence-electron chi connectivity index (χ3n) is 4.12. The van der Waals surface area contributed by atoms with Gasteiger partial charge in [0, 0.05) is 30.4 Å². The van der Waals surface area contributed by atoms with Crippen LogP contribution in [0.1, 0.15) is 48.0 Å². The minimum absolute atomic E-state index is 0.0497. The molecule has 1 heterocycles. The number of ether oxygens (including phenoxy) is 1. The van der Waals surface area contributed by atoms with Gasteiger partial charge in [-0.25, -0.2) is 0 Å². The number of morpholine rings is 1. The summed E-state index contributed by atoms with van der Waals surface area (Å²) < 4.78 is 5.48. The van der Waals surface area contributed by atoms with Crippen molar-refractivity contribution in [3.63, 3.8) is 0 Å². The number of rotatable bonds is 5. The van der Waals surface area contributed by atoms with Crippen molar-refractivity contribution in [2.75, 3.05) is 26.3 Å². The lowest BCUT2D eigenvalue weighted by atomic mass is 9.98. The average Bonchev–Trinajstić information content (AvgIpc) is 2.42. The lowest BCUT2D eigenvalue weighted by molar-refractivity contribution is 0.0203. The minimum atomic E-state index is 0.0497. The van der Waals surface area contributed by atoms with Crippen LogP contribution in [0, 0.1) is 0 Å². The van der Waals surface area contributed by atoms with E-state index < -0.39 is 0 Å². The van der Waals surface area contributed by atoms with Gasteiger partial charge in [0.15, 0.2) is 0 Å². The van der Waals surface area contributed by atoms with Crippen molar-refractivity contribution in [2.45, 2.75) is 59.5 Å². The molecule has 0 bridgehead atoms. The molecule has 0 amide bonds. The molecule has 1 fully saturated rings. The molecule has 3 nitrogen and oxygen atoms in total. The zero-order valence-corrected chi connectivity index (χ0v) is 14.2. The molecule has 1 saturated heterocycles. The first kappa shape index (κ1) is 17.3. The van der Waals surface area contributed by atoms with E-state index >= 15 is 0 Å². The molecule has 1 aliphatic heterocycles. The fourth-order valence-corrected chi connectivity index (χ4v) is 2.82. The number of hydrogen-bond donors (Lipinski definition) is 0. The monoisotopic (exact) mass is 280 g/mol. The molecule has 1 rings (SSSR count). The molecule has 0 aromatic carbocycles. The normalized spacial score (nSPS) is 20.3. The molecule has 0 spiro atoms. The third-order valence-corrected chi connectivity index (χ3v) is 4.12. The molecule has 1 unspecified atom stereocenters. The summed E-state index contributed by atoms with van der Waals surface area (Å²) in [6.45, 7) is 21.2. The van der Waals surface area contributed by atoms with Crippen LogP contribution in [-0.2, 0) is 4.74 Å². The average molecular weight is 280 g/mol. The first-order valence-corrected chi connectivity index (χ1v) is 7.76. The smallest absolute Gasteiger partial charge is 0.0594 e. The van der Waals surface area contributed by atoms with Crippen LogP contribution in [-0.4, -0.2) is 47.7 Å². The van der Waals surface area contributed by atoms with Gasteiger partial charge in [0.1, 0.15) is 0 Å². The highest BCUT2D eigenvalue weighted by Crippen LogP contribution is 2.28. The summed E-state index contributed by atoms with van der Waals surface area (Å²) in [6, 6.07) is 0.399. The Bertz CT molecular complexity index is 348. The molecule has 20 heavy (non-hydrogen) atoms. The number of hydrogen-bond acceptors (Lipinski definition) is 3. The van der Waals surface area contributed by atoms with E-state index in [0.29, 0.717) is 6.04 Å². The quantitative estimate of drug-likeness (QED) is 0.765. The Morgan fingerprint density at radius 2 is 1.90 bits per heavy atom. The SMILES string of the molecule is C=CN(/C(=C(/C)CC)C(C)N1CCOCC1)C(C)(C)C. The third kappa shape index (κ3) is 4.10. The number of allylic oxidation sites excluding steroid dienone is 1. The standard InChI is InChI=1S/C17H32N2O/c1-8-14(3)16(19(9-2)17(5,6)7)15(4)18-10-12-20-13-11-18/h9,15H,2,8,10-13H2,1,3-7H3/b16-14-. The molecule has 0 radical (unpaired) electrons. The first-order chi connectivity index (χ1) is 9.32. The predicted molar refractivity (Wildman–Crippen MR) is 86.6 cm³/mol. The van der Waals surface area contributed by atoms with E-state index in [-0.39, 0.29) is 5.54 Å². The fraction of sp³-hybridized carbons (Fsp3) is 0.765. The first-order valence-electron chi connectivity index (χ1n) is 7.76. The molecule has 116 valence electrons. The topological polar surface area (TPSA) is 15.7 Å². The van der Waals surface area contributed by atoms with Gasteiger partial charge in [-0.3, -0.25) is 4.90 Å². The van der Waals surface area contributed by atoms with Crippen LogP contribution < -0.4 is 0 Å². The Kier molecular flexibility index (Phi) is 6.28. The zero-order valence-electron chi connectivity index (χ0n) is 14.2. The van der Waals surface area contributed by atoms with Crippen LogP contribution in [0.5, 0.6) is 0 Å². The van der Waals surface area contributed by atoms with Crippen LogP contribution in [0.25, 0.3) is 0 Å². The fourth-order valence-electron chi connectivity index (χ4n) is 2.82. The van der Waals surface area contributed by atoms with Gasteiger partial charge < -0.3 is 9.64 Å². The van der Waals surface area contributed by atoms with Gasteiger partial charge >= 0.3 is 0 Å². The second kappa shape index (κ2) is 7.28. The maximum atomic E-state index is 5.48. The second-order valence-corrected chi connectivity index (χ2v) is 6.57. The summed E-state index contributed by atoms with van der Waals surface area (Å²) in [5.74, 6) is 0. The highest BCUT2D eigenvalue weighted by Gasteiger charge is 2.29. The molecular weight excluding hydrogens is 248 g/mol. The zero-order chi connectivity index (χ0) is 15.3. The molecule has 3 heteroatoms. The summed E-state index contributed by atoms with van der Waals surface area (Å²) >= 11 is 0.